The maximum absolute atomic E-state index is 13.1. The molecule has 1 aliphatic heterocycles. The van der Waals surface area contributed by atoms with Gasteiger partial charge in [0.1, 0.15) is 5.82 Å². The maximum atomic E-state index is 13.1. The van der Waals surface area contributed by atoms with E-state index in [1.807, 2.05) is 17.0 Å². The Bertz CT molecular complexity index is 722. The molecule has 2 N–H and O–H groups in total. The van der Waals surface area contributed by atoms with Crippen molar-refractivity contribution in [1.82, 2.24) is 9.97 Å². The molecule has 1 aliphatic rings. The van der Waals surface area contributed by atoms with Crippen molar-refractivity contribution in [3.05, 3.63) is 30.1 Å². The van der Waals surface area contributed by atoms with Gasteiger partial charge in [-0.2, -0.15) is 0 Å². The van der Waals surface area contributed by atoms with Gasteiger partial charge in [0.25, 0.3) is 6.43 Å². The Balaban J connectivity index is 1.98. The summed E-state index contributed by atoms with van der Waals surface area (Å²) >= 11 is 0. The van der Waals surface area contributed by atoms with Crippen LogP contribution in [0.25, 0.3) is 10.9 Å². The minimum atomic E-state index is -2.72. The van der Waals surface area contributed by atoms with Gasteiger partial charge in [-0.1, -0.05) is 12.1 Å². The molecule has 1 amide bonds. The SMILES string of the molecule is NC(=O)CC1CCCN(c2nc(C(F)F)nc3ccccc23)C1. The molecule has 7 heteroatoms. The topological polar surface area (TPSA) is 72.1 Å². The van der Waals surface area contributed by atoms with Crippen LogP contribution < -0.4 is 10.6 Å². The number of alkyl halides is 2. The second-order valence-corrected chi connectivity index (χ2v) is 5.85. The molecule has 2 aromatic rings. The normalized spacial score (nSPS) is 18.6. The predicted molar refractivity (Wildman–Crippen MR) is 83.2 cm³/mol. The van der Waals surface area contributed by atoms with Gasteiger partial charge >= 0.3 is 0 Å². The fourth-order valence-electron chi connectivity index (χ4n) is 3.12. The van der Waals surface area contributed by atoms with Gasteiger partial charge in [-0.15, -0.1) is 0 Å². The Morgan fingerprint density at radius 1 is 1.35 bits per heavy atom. The van der Waals surface area contributed by atoms with Crippen molar-refractivity contribution in [2.75, 3.05) is 18.0 Å². The summed E-state index contributed by atoms with van der Waals surface area (Å²) < 4.78 is 26.2. The van der Waals surface area contributed by atoms with Gasteiger partial charge in [-0.3, -0.25) is 4.79 Å². The molecular formula is C16H18F2N4O. The van der Waals surface area contributed by atoms with E-state index in [9.17, 15) is 13.6 Å². The zero-order chi connectivity index (χ0) is 16.4. The highest BCUT2D eigenvalue weighted by molar-refractivity contribution is 5.89. The number of benzene rings is 1. The summed E-state index contributed by atoms with van der Waals surface area (Å²) in [7, 11) is 0. The molecule has 0 bridgehead atoms. The number of rotatable bonds is 4. The zero-order valence-electron chi connectivity index (χ0n) is 12.6. The molecule has 0 aliphatic carbocycles. The number of nitrogens with zero attached hydrogens (tertiary/aromatic N) is 3. The van der Waals surface area contributed by atoms with Crippen molar-refractivity contribution in [1.29, 1.82) is 0 Å². The maximum Gasteiger partial charge on any atom is 0.297 e. The van der Waals surface area contributed by atoms with E-state index in [2.05, 4.69) is 9.97 Å². The van der Waals surface area contributed by atoms with Crippen molar-refractivity contribution in [2.24, 2.45) is 11.7 Å². The van der Waals surface area contributed by atoms with Gasteiger partial charge in [-0.05, 0) is 30.9 Å². The number of aromatic nitrogens is 2. The first-order valence-electron chi connectivity index (χ1n) is 7.62. The van der Waals surface area contributed by atoms with Crippen molar-refractivity contribution in [2.45, 2.75) is 25.7 Å². The number of hydrogen-bond donors (Lipinski definition) is 1. The van der Waals surface area contributed by atoms with Crippen LogP contribution in [0.5, 0.6) is 0 Å². The number of hydrogen-bond acceptors (Lipinski definition) is 4. The highest BCUT2D eigenvalue weighted by Gasteiger charge is 2.25. The van der Waals surface area contributed by atoms with Crippen LogP contribution in [-0.4, -0.2) is 29.0 Å². The van der Waals surface area contributed by atoms with Crippen LogP contribution in [-0.2, 0) is 4.79 Å². The van der Waals surface area contributed by atoms with E-state index in [1.54, 1.807) is 12.1 Å². The lowest BCUT2D eigenvalue weighted by molar-refractivity contribution is -0.118. The summed E-state index contributed by atoms with van der Waals surface area (Å²) in [6, 6.07) is 7.14. The fraction of sp³-hybridized carbons (Fsp3) is 0.438. The molecule has 1 aromatic heterocycles. The number of anilines is 1. The molecule has 1 fully saturated rings. The molecule has 122 valence electrons. The standard InChI is InChI=1S/C16H18F2N4O/c17-14(18)15-20-12-6-2-1-5-11(12)16(21-15)22-7-3-4-10(9-22)8-13(19)23/h1-2,5-6,10,14H,3-4,7-9H2,(H2,19,23). The fourth-order valence-corrected chi connectivity index (χ4v) is 3.12. The van der Waals surface area contributed by atoms with Crippen LogP contribution in [0.15, 0.2) is 24.3 Å². The Labute approximate surface area is 132 Å². The number of halogens is 2. The van der Waals surface area contributed by atoms with Crippen molar-refractivity contribution in [3.8, 4) is 0 Å². The quantitative estimate of drug-likeness (QED) is 0.940. The third-order valence-corrected chi connectivity index (χ3v) is 4.10. The molecule has 5 nitrogen and oxygen atoms in total. The number of carbonyl (C=O) groups is 1. The Kier molecular flexibility index (Phi) is 4.36. The van der Waals surface area contributed by atoms with Gasteiger partial charge in [0.05, 0.1) is 5.52 Å². The Morgan fingerprint density at radius 2 is 2.13 bits per heavy atom. The van der Waals surface area contributed by atoms with E-state index in [4.69, 9.17) is 5.73 Å². The monoisotopic (exact) mass is 320 g/mol. The van der Waals surface area contributed by atoms with Gasteiger partial charge in [0, 0.05) is 24.9 Å². The molecule has 0 spiro atoms. The lowest BCUT2D eigenvalue weighted by Crippen LogP contribution is -2.37. The predicted octanol–water partition coefficient (Wildman–Crippen LogP) is 2.66. The molecule has 0 saturated carbocycles. The molecule has 1 saturated heterocycles. The number of piperidine rings is 1. The van der Waals surface area contributed by atoms with Crippen LogP contribution >= 0.6 is 0 Å². The number of amides is 1. The first-order chi connectivity index (χ1) is 11.0. The van der Waals surface area contributed by atoms with Gasteiger partial charge in [0.2, 0.25) is 5.91 Å². The van der Waals surface area contributed by atoms with E-state index in [0.29, 0.717) is 24.3 Å². The summed E-state index contributed by atoms with van der Waals surface area (Å²) in [5, 5.41) is 0.747. The van der Waals surface area contributed by atoms with Gasteiger partial charge in [-0.25, -0.2) is 18.7 Å². The number of nitrogens with two attached hydrogens (primary N) is 1. The van der Waals surface area contributed by atoms with Crippen LogP contribution in [0.2, 0.25) is 0 Å². The first kappa shape index (κ1) is 15.6. The average molecular weight is 320 g/mol. The highest BCUT2D eigenvalue weighted by atomic mass is 19.3. The number of primary amides is 1. The molecule has 2 heterocycles. The van der Waals surface area contributed by atoms with Crippen LogP contribution in [0.3, 0.4) is 0 Å². The zero-order valence-corrected chi connectivity index (χ0v) is 12.6. The molecule has 0 radical (unpaired) electrons. The van der Waals surface area contributed by atoms with Crippen LogP contribution in [0.4, 0.5) is 14.6 Å². The van der Waals surface area contributed by atoms with Crippen LogP contribution in [0.1, 0.15) is 31.5 Å². The Hall–Kier alpha value is -2.31. The van der Waals surface area contributed by atoms with Crippen LogP contribution in [0, 0.1) is 5.92 Å². The largest absolute Gasteiger partial charge is 0.370 e. The molecule has 1 atom stereocenters. The summed E-state index contributed by atoms with van der Waals surface area (Å²) in [6.45, 7) is 1.31. The van der Waals surface area contributed by atoms with E-state index in [1.165, 1.54) is 0 Å². The summed E-state index contributed by atoms with van der Waals surface area (Å²) in [5.41, 5.74) is 5.78. The first-order valence-corrected chi connectivity index (χ1v) is 7.62. The van der Waals surface area contributed by atoms with Crippen molar-refractivity contribution < 1.29 is 13.6 Å². The van der Waals surface area contributed by atoms with E-state index in [0.717, 1.165) is 24.8 Å². The molecule has 1 unspecified atom stereocenters. The minimum absolute atomic E-state index is 0.130. The van der Waals surface area contributed by atoms with Crippen molar-refractivity contribution >= 4 is 22.6 Å². The molecular weight excluding hydrogens is 302 g/mol. The molecule has 3 rings (SSSR count). The molecule has 23 heavy (non-hydrogen) atoms. The number of carbonyl (C=O) groups excluding carboxylic acids is 1. The third kappa shape index (κ3) is 3.38. The highest BCUT2D eigenvalue weighted by Crippen LogP contribution is 2.30. The number of fused-ring (bicyclic) bond motifs is 1. The smallest absolute Gasteiger partial charge is 0.297 e. The molecule has 1 aromatic carbocycles. The third-order valence-electron chi connectivity index (χ3n) is 4.10. The summed E-state index contributed by atoms with van der Waals surface area (Å²) in [6.07, 6.45) is -0.629. The van der Waals surface area contributed by atoms with E-state index < -0.39 is 12.2 Å². The minimum Gasteiger partial charge on any atom is -0.370 e. The van der Waals surface area contributed by atoms with Crippen molar-refractivity contribution in [3.63, 3.8) is 0 Å². The summed E-state index contributed by atoms with van der Waals surface area (Å²) in [4.78, 5) is 21.1. The summed E-state index contributed by atoms with van der Waals surface area (Å²) in [5.74, 6) is -0.154. The average Bonchev–Trinajstić information content (AvgIpc) is 2.53. The number of para-hydroxylation sites is 1. The van der Waals surface area contributed by atoms with E-state index >= 15 is 0 Å². The lowest BCUT2D eigenvalue weighted by atomic mass is 9.94. The van der Waals surface area contributed by atoms with Gasteiger partial charge in [0.15, 0.2) is 5.82 Å². The second kappa shape index (κ2) is 6.44. The lowest BCUT2D eigenvalue weighted by Gasteiger charge is -2.33. The second-order valence-electron chi connectivity index (χ2n) is 5.85. The van der Waals surface area contributed by atoms with E-state index in [-0.39, 0.29) is 11.8 Å². The van der Waals surface area contributed by atoms with Gasteiger partial charge < -0.3 is 10.6 Å². The Morgan fingerprint density at radius 3 is 2.87 bits per heavy atom.